The molecule has 1 fully saturated rings. The summed E-state index contributed by atoms with van der Waals surface area (Å²) in [4.78, 5) is 27.8. The van der Waals surface area contributed by atoms with E-state index in [-0.39, 0.29) is 22.3 Å². The van der Waals surface area contributed by atoms with Crippen LogP contribution in [0.2, 0.25) is 5.02 Å². The van der Waals surface area contributed by atoms with Crippen molar-refractivity contribution in [2.75, 3.05) is 31.1 Å². The molecule has 0 spiro atoms. The Balaban J connectivity index is 1.71. The van der Waals surface area contributed by atoms with Gasteiger partial charge in [0.2, 0.25) is 0 Å². The van der Waals surface area contributed by atoms with Crippen molar-refractivity contribution in [1.82, 2.24) is 4.90 Å². The number of rotatable bonds is 3. The molecule has 1 amide bonds. The number of piperazine rings is 1. The molecule has 0 aromatic heterocycles. The molecule has 1 aliphatic heterocycles. The molecule has 0 aliphatic carbocycles. The Bertz CT molecular complexity index is 797. The minimum atomic E-state index is -0.603. The summed E-state index contributed by atoms with van der Waals surface area (Å²) < 4.78 is 13.9. The molecule has 2 aromatic carbocycles. The van der Waals surface area contributed by atoms with Gasteiger partial charge < -0.3 is 9.80 Å². The van der Waals surface area contributed by atoms with E-state index < -0.39 is 5.82 Å². The van der Waals surface area contributed by atoms with Gasteiger partial charge in [0.15, 0.2) is 5.78 Å². The van der Waals surface area contributed by atoms with E-state index in [2.05, 4.69) is 4.90 Å². The van der Waals surface area contributed by atoms with Crippen molar-refractivity contribution in [3.05, 3.63) is 64.4 Å². The number of hydrogen-bond donors (Lipinski definition) is 0. The molecule has 0 saturated carbocycles. The highest BCUT2D eigenvalue weighted by Gasteiger charge is 2.26. The van der Waals surface area contributed by atoms with E-state index in [1.165, 1.54) is 25.1 Å². The van der Waals surface area contributed by atoms with Crippen molar-refractivity contribution < 1.29 is 14.0 Å². The number of Topliss-reactive ketones (excluding diaryl/α,β-unsaturated/α-hetero) is 1. The van der Waals surface area contributed by atoms with Gasteiger partial charge in [0.05, 0.1) is 10.6 Å². The van der Waals surface area contributed by atoms with E-state index in [4.69, 9.17) is 11.6 Å². The van der Waals surface area contributed by atoms with Crippen molar-refractivity contribution in [2.24, 2.45) is 0 Å². The number of carbonyl (C=O) groups is 2. The summed E-state index contributed by atoms with van der Waals surface area (Å²) in [7, 11) is 0. The average Bonchev–Trinajstić information content (AvgIpc) is 2.61. The van der Waals surface area contributed by atoms with Gasteiger partial charge in [-0.15, -0.1) is 0 Å². The van der Waals surface area contributed by atoms with E-state index in [0.29, 0.717) is 31.7 Å². The van der Waals surface area contributed by atoms with Gasteiger partial charge in [-0.3, -0.25) is 9.59 Å². The number of benzene rings is 2. The van der Waals surface area contributed by atoms with Crippen molar-refractivity contribution >= 4 is 29.0 Å². The minimum absolute atomic E-state index is 0.0184. The van der Waals surface area contributed by atoms with Crippen molar-refractivity contribution in [1.29, 1.82) is 0 Å². The van der Waals surface area contributed by atoms with Crippen molar-refractivity contribution in [3.63, 3.8) is 0 Å². The van der Waals surface area contributed by atoms with Crippen molar-refractivity contribution in [3.8, 4) is 0 Å². The lowest BCUT2D eigenvalue weighted by atomic mass is 10.1. The van der Waals surface area contributed by atoms with Gasteiger partial charge in [0.1, 0.15) is 5.82 Å². The van der Waals surface area contributed by atoms with Crippen LogP contribution < -0.4 is 4.90 Å². The Morgan fingerprint density at radius 1 is 1.04 bits per heavy atom. The lowest BCUT2D eigenvalue weighted by Gasteiger charge is -2.36. The van der Waals surface area contributed by atoms with E-state index in [9.17, 15) is 14.0 Å². The van der Waals surface area contributed by atoms with Gasteiger partial charge in [-0.05, 0) is 31.2 Å². The predicted molar refractivity (Wildman–Crippen MR) is 96.0 cm³/mol. The third-order valence-electron chi connectivity index (χ3n) is 4.36. The highest BCUT2D eigenvalue weighted by molar-refractivity contribution is 6.33. The molecule has 0 unspecified atom stereocenters. The summed E-state index contributed by atoms with van der Waals surface area (Å²) >= 11 is 5.99. The monoisotopic (exact) mass is 360 g/mol. The van der Waals surface area contributed by atoms with Gasteiger partial charge in [0, 0.05) is 37.4 Å². The van der Waals surface area contributed by atoms with Crippen LogP contribution >= 0.6 is 11.6 Å². The Hall–Kier alpha value is -2.40. The Kier molecular flexibility index (Phi) is 5.04. The second kappa shape index (κ2) is 7.23. The summed E-state index contributed by atoms with van der Waals surface area (Å²) in [5.41, 5.74) is 1.54. The fourth-order valence-electron chi connectivity index (χ4n) is 2.95. The molecule has 0 N–H and O–H groups in total. The molecule has 6 heteroatoms. The average molecular weight is 361 g/mol. The number of nitrogens with zero attached hydrogens (tertiary/aromatic N) is 2. The van der Waals surface area contributed by atoms with E-state index in [1.807, 2.05) is 18.2 Å². The molecule has 0 atom stereocenters. The normalized spacial score (nSPS) is 14.5. The summed E-state index contributed by atoms with van der Waals surface area (Å²) in [6, 6.07) is 11.7. The maximum absolute atomic E-state index is 13.9. The number of anilines is 1. The standard InChI is InChI=1S/C19H18ClFN2O2/c1-13(24)14-4-2-5-15(12-14)22-8-10-23(11-9-22)19(25)18-16(20)6-3-7-17(18)21/h2-7,12H,8-11H2,1H3. The summed E-state index contributed by atoms with van der Waals surface area (Å²) in [6.07, 6.45) is 0. The van der Waals surface area contributed by atoms with E-state index in [0.717, 1.165) is 5.69 Å². The molecule has 3 rings (SSSR count). The van der Waals surface area contributed by atoms with Crippen LogP contribution in [0.4, 0.5) is 10.1 Å². The molecule has 2 aromatic rings. The maximum atomic E-state index is 13.9. The molecule has 0 bridgehead atoms. The van der Waals surface area contributed by atoms with Gasteiger partial charge >= 0.3 is 0 Å². The van der Waals surface area contributed by atoms with Crippen LogP contribution in [0.15, 0.2) is 42.5 Å². The molecular formula is C19H18ClFN2O2. The van der Waals surface area contributed by atoms with Crippen LogP contribution in [0.25, 0.3) is 0 Å². The first-order valence-corrected chi connectivity index (χ1v) is 8.44. The lowest BCUT2D eigenvalue weighted by Crippen LogP contribution is -2.49. The SMILES string of the molecule is CC(=O)c1cccc(N2CCN(C(=O)c3c(F)cccc3Cl)CC2)c1. The van der Waals surface area contributed by atoms with Crippen LogP contribution in [0, 0.1) is 5.82 Å². The maximum Gasteiger partial charge on any atom is 0.258 e. The molecule has 130 valence electrons. The molecule has 25 heavy (non-hydrogen) atoms. The molecule has 1 saturated heterocycles. The number of halogens is 2. The lowest BCUT2D eigenvalue weighted by molar-refractivity contribution is 0.0742. The topological polar surface area (TPSA) is 40.6 Å². The Labute approximate surface area is 150 Å². The quantitative estimate of drug-likeness (QED) is 0.784. The van der Waals surface area contributed by atoms with Crippen LogP contribution in [0.5, 0.6) is 0 Å². The summed E-state index contributed by atoms with van der Waals surface area (Å²) in [5, 5.41) is 0.126. The molecule has 4 nitrogen and oxygen atoms in total. The minimum Gasteiger partial charge on any atom is -0.368 e. The second-order valence-electron chi connectivity index (χ2n) is 5.98. The van der Waals surface area contributed by atoms with E-state index >= 15 is 0 Å². The Morgan fingerprint density at radius 3 is 2.36 bits per heavy atom. The largest absolute Gasteiger partial charge is 0.368 e. The number of amides is 1. The zero-order valence-corrected chi connectivity index (χ0v) is 14.6. The van der Waals surface area contributed by atoms with Gasteiger partial charge in [0.25, 0.3) is 5.91 Å². The Morgan fingerprint density at radius 2 is 1.72 bits per heavy atom. The second-order valence-corrected chi connectivity index (χ2v) is 6.39. The van der Waals surface area contributed by atoms with Crippen molar-refractivity contribution in [2.45, 2.75) is 6.92 Å². The summed E-state index contributed by atoms with van der Waals surface area (Å²) in [5.74, 6) is -0.973. The number of hydrogen-bond acceptors (Lipinski definition) is 3. The van der Waals surface area contributed by atoms with Crippen LogP contribution in [-0.2, 0) is 0 Å². The first kappa shape index (κ1) is 17.4. The smallest absolute Gasteiger partial charge is 0.258 e. The number of ketones is 1. The van der Waals surface area contributed by atoms with E-state index in [1.54, 1.807) is 11.0 Å². The summed E-state index contributed by atoms with van der Waals surface area (Å²) in [6.45, 7) is 3.69. The van der Waals surface area contributed by atoms with Crippen LogP contribution in [0.3, 0.4) is 0 Å². The first-order valence-electron chi connectivity index (χ1n) is 8.06. The molecule has 1 heterocycles. The highest BCUT2D eigenvalue weighted by Crippen LogP contribution is 2.23. The zero-order valence-electron chi connectivity index (χ0n) is 13.8. The van der Waals surface area contributed by atoms with Crippen LogP contribution in [0.1, 0.15) is 27.6 Å². The first-order chi connectivity index (χ1) is 12.0. The van der Waals surface area contributed by atoms with Crippen LogP contribution in [-0.4, -0.2) is 42.8 Å². The molecule has 1 aliphatic rings. The molecule has 0 radical (unpaired) electrons. The fraction of sp³-hybridized carbons (Fsp3) is 0.263. The van der Waals surface area contributed by atoms with Gasteiger partial charge in [-0.25, -0.2) is 4.39 Å². The van der Waals surface area contributed by atoms with Gasteiger partial charge in [-0.2, -0.15) is 0 Å². The highest BCUT2D eigenvalue weighted by atomic mass is 35.5. The number of carbonyl (C=O) groups excluding carboxylic acids is 2. The zero-order chi connectivity index (χ0) is 18.0. The van der Waals surface area contributed by atoms with Gasteiger partial charge in [-0.1, -0.05) is 29.8 Å². The third-order valence-corrected chi connectivity index (χ3v) is 4.68. The third kappa shape index (κ3) is 3.66. The fourth-order valence-corrected chi connectivity index (χ4v) is 3.19. The molecular weight excluding hydrogens is 343 g/mol. The predicted octanol–water partition coefficient (Wildman–Crippen LogP) is 3.64.